The molecule has 1 aliphatic rings. The molecule has 0 N–H and O–H groups in total. The fourth-order valence-corrected chi connectivity index (χ4v) is 4.58. The van der Waals surface area contributed by atoms with E-state index in [1.807, 2.05) is 11.3 Å². The Balaban J connectivity index is 2.05. The molecular formula is C12H12S2. The second-order valence-corrected chi connectivity index (χ2v) is 6.11. The fraction of sp³-hybridized carbons (Fsp3) is 0.333. The van der Waals surface area contributed by atoms with Crippen LogP contribution in [0, 0.1) is 0 Å². The molecule has 0 radical (unpaired) electrons. The van der Waals surface area contributed by atoms with E-state index in [2.05, 4.69) is 42.1 Å². The van der Waals surface area contributed by atoms with Crippen LogP contribution >= 0.6 is 23.1 Å². The highest BCUT2D eigenvalue weighted by molar-refractivity contribution is 7.99. The zero-order chi connectivity index (χ0) is 9.38. The third-order valence-electron chi connectivity index (χ3n) is 2.69. The number of benzene rings is 1. The van der Waals surface area contributed by atoms with E-state index in [1.54, 1.807) is 4.88 Å². The standard InChI is InChI=1S/C12H12S2/c1-2-5-10-9(4-1)8-12(14-10)11-6-3-7-13-11/h1-2,4-5,8,11H,3,6-7H2. The van der Waals surface area contributed by atoms with Gasteiger partial charge in [-0.25, -0.2) is 0 Å². The molecule has 0 saturated carbocycles. The molecule has 0 spiro atoms. The minimum Gasteiger partial charge on any atom is -0.153 e. The lowest BCUT2D eigenvalue weighted by molar-refractivity contribution is 0.840. The van der Waals surface area contributed by atoms with Crippen molar-refractivity contribution < 1.29 is 0 Å². The third-order valence-corrected chi connectivity index (χ3v) is 5.49. The minimum atomic E-state index is 0.785. The van der Waals surface area contributed by atoms with Gasteiger partial charge in [0, 0.05) is 14.8 Å². The monoisotopic (exact) mass is 220 g/mol. The molecule has 3 rings (SSSR count). The Bertz CT molecular complexity index is 405. The van der Waals surface area contributed by atoms with Crippen LogP contribution in [0.5, 0.6) is 0 Å². The maximum atomic E-state index is 2.38. The van der Waals surface area contributed by atoms with Gasteiger partial charge in [-0.1, -0.05) is 18.2 Å². The Morgan fingerprint density at radius 3 is 2.93 bits per heavy atom. The van der Waals surface area contributed by atoms with Crippen LogP contribution in [0.25, 0.3) is 10.1 Å². The maximum absolute atomic E-state index is 2.38. The first-order valence-electron chi connectivity index (χ1n) is 5.03. The maximum Gasteiger partial charge on any atom is 0.0391 e. The Kier molecular flexibility index (Phi) is 2.26. The molecule has 2 aromatic rings. The van der Waals surface area contributed by atoms with Crippen LogP contribution in [0.3, 0.4) is 0 Å². The first kappa shape index (κ1) is 8.81. The van der Waals surface area contributed by atoms with Gasteiger partial charge in [-0.15, -0.1) is 11.3 Å². The average molecular weight is 220 g/mol. The molecule has 1 atom stereocenters. The van der Waals surface area contributed by atoms with E-state index in [0.29, 0.717) is 0 Å². The molecule has 1 aromatic heterocycles. The van der Waals surface area contributed by atoms with Crippen molar-refractivity contribution in [2.75, 3.05) is 5.75 Å². The van der Waals surface area contributed by atoms with Crippen LogP contribution < -0.4 is 0 Å². The molecule has 0 amide bonds. The van der Waals surface area contributed by atoms with Crippen molar-refractivity contribution >= 4 is 33.2 Å². The summed E-state index contributed by atoms with van der Waals surface area (Å²) in [6, 6.07) is 11.1. The summed E-state index contributed by atoms with van der Waals surface area (Å²) in [6.45, 7) is 0. The van der Waals surface area contributed by atoms with E-state index in [9.17, 15) is 0 Å². The van der Waals surface area contributed by atoms with Crippen LogP contribution in [0.4, 0.5) is 0 Å². The quantitative estimate of drug-likeness (QED) is 0.683. The number of hydrogen-bond donors (Lipinski definition) is 0. The van der Waals surface area contributed by atoms with E-state index in [1.165, 1.54) is 28.7 Å². The summed E-state index contributed by atoms with van der Waals surface area (Å²) >= 11 is 4.09. The SMILES string of the molecule is c1ccc2sc(C3CCCS3)cc2c1. The summed E-state index contributed by atoms with van der Waals surface area (Å²) in [5.41, 5.74) is 0. The smallest absolute Gasteiger partial charge is 0.0391 e. The molecule has 2 heteroatoms. The summed E-state index contributed by atoms with van der Waals surface area (Å²) < 4.78 is 1.44. The van der Waals surface area contributed by atoms with E-state index in [-0.39, 0.29) is 0 Å². The number of thioether (sulfide) groups is 1. The fourth-order valence-electron chi connectivity index (χ4n) is 1.96. The molecule has 1 fully saturated rings. The molecule has 0 bridgehead atoms. The molecular weight excluding hydrogens is 208 g/mol. The zero-order valence-electron chi connectivity index (χ0n) is 7.90. The van der Waals surface area contributed by atoms with E-state index in [0.717, 1.165) is 5.25 Å². The largest absolute Gasteiger partial charge is 0.153 e. The molecule has 1 aliphatic heterocycles. The van der Waals surface area contributed by atoms with Crippen molar-refractivity contribution in [3.8, 4) is 0 Å². The Hall–Kier alpha value is -0.470. The summed E-state index contributed by atoms with van der Waals surface area (Å²) in [4.78, 5) is 1.58. The molecule has 72 valence electrons. The normalized spacial score (nSPS) is 21.9. The number of rotatable bonds is 1. The molecule has 1 aromatic carbocycles. The predicted octanol–water partition coefficient (Wildman–Crippen LogP) is 4.47. The second-order valence-electron chi connectivity index (χ2n) is 3.69. The third kappa shape index (κ3) is 1.47. The first-order chi connectivity index (χ1) is 6.93. The minimum absolute atomic E-state index is 0.785. The van der Waals surface area contributed by atoms with Crippen molar-refractivity contribution in [3.63, 3.8) is 0 Å². The molecule has 0 aliphatic carbocycles. The van der Waals surface area contributed by atoms with Gasteiger partial charge in [0.25, 0.3) is 0 Å². The Morgan fingerprint density at radius 1 is 1.21 bits per heavy atom. The van der Waals surface area contributed by atoms with Crippen molar-refractivity contribution in [3.05, 3.63) is 35.2 Å². The van der Waals surface area contributed by atoms with Crippen LogP contribution in [0.2, 0.25) is 0 Å². The van der Waals surface area contributed by atoms with Crippen LogP contribution in [-0.4, -0.2) is 5.75 Å². The van der Waals surface area contributed by atoms with Gasteiger partial charge >= 0.3 is 0 Å². The van der Waals surface area contributed by atoms with Gasteiger partial charge in [-0.3, -0.25) is 0 Å². The van der Waals surface area contributed by atoms with E-state index in [4.69, 9.17) is 0 Å². The Morgan fingerprint density at radius 2 is 2.14 bits per heavy atom. The average Bonchev–Trinajstić information content (AvgIpc) is 2.86. The van der Waals surface area contributed by atoms with Crippen LogP contribution in [-0.2, 0) is 0 Å². The number of fused-ring (bicyclic) bond motifs is 1. The lowest BCUT2D eigenvalue weighted by atomic mass is 10.2. The van der Waals surface area contributed by atoms with Gasteiger partial charge in [0.15, 0.2) is 0 Å². The first-order valence-corrected chi connectivity index (χ1v) is 6.90. The molecule has 1 unspecified atom stereocenters. The molecule has 2 heterocycles. The molecule has 14 heavy (non-hydrogen) atoms. The highest BCUT2D eigenvalue weighted by Crippen LogP contribution is 2.44. The van der Waals surface area contributed by atoms with Crippen LogP contribution in [0.15, 0.2) is 30.3 Å². The predicted molar refractivity (Wildman–Crippen MR) is 66.3 cm³/mol. The lowest BCUT2D eigenvalue weighted by Gasteiger charge is -2.02. The van der Waals surface area contributed by atoms with Crippen molar-refractivity contribution in [1.82, 2.24) is 0 Å². The number of hydrogen-bond acceptors (Lipinski definition) is 2. The highest BCUT2D eigenvalue weighted by Gasteiger charge is 2.19. The van der Waals surface area contributed by atoms with Gasteiger partial charge in [-0.05, 0) is 36.1 Å². The van der Waals surface area contributed by atoms with Crippen LogP contribution in [0.1, 0.15) is 23.0 Å². The molecule has 1 saturated heterocycles. The summed E-state index contributed by atoms with van der Waals surface area (Å²) in [5, 5.41) is 2.20. The van der Waals surface area contributed by atoms with Gasteiger partial charge in [-0.2, -0.15) is 11.8 Å². The summed E-state index contributed by atoms with van der Waals surface area (Å²) in [6.07, 6.45) is 2.76. The zero-order valence-corrected chi connectivity index (χ0v) is 9.53. The number of thiophene rings is 1. The lowest BCUT2D eigenvalue weighted by Crippen LogP contribution is -1.80. The van der Waals surface area contributed by atoms with E-state index >= 15 is 0 Å². The van der Waals surface area contributed by atoms with E-state index < -0.39 is 0 Å². The van der Waals surface area contributed by atoms with Gasteiger partial charge in [0.1, 0.15) is 0 Å². The van der Waals surface area contributed by atoms with Gasteiger partial charge in [0.05, 0.1) is 0 Å². The Labute approximate surface area is 92.3 Å². The van der Waals surface area contributed by atoms with Gasteiger partial charge in [0.2, 0.25) is 0 Å². The van der Waals surface area contributed by atoms with Gasteiger partial charge < -0.3 is 0 Å². The van der Waals surface area contributed by atoms with Crippen molar-refractivity contribution in [2.45, 2.75) is 18.1 Å². The summed E-state index contributed by atoms with van der Waals surface area (Å²) in [7, 11) is 0. The summed E-state index contributed by atoms with van der Waals surface area (Å²) in [5.74, 6) is 1.35. The topological polar surface area (TPSA) is 0 Å². The van der Waals surface area contributed by atoms with Crippen molar-refractivity contribution in [2.24, 2.45) is 0 Å². The second kappa shape index (κ2) is 3.59. The highest BCUT2D eigenvalue weighted by atomic mass is 32.2. The van der Waals surface area contributed by atoms with Crippen molar-refractivity contribution in [1.29, 1.82) is 0 Å². The molecule has 0 nitrogen and oxygen atoms in total.